The van der Waals surface area contributed by atoms with E-state index in [4.69, 9.17) is 5.73 Å². The maximum atomic E-state index is 5.58. The van der Waals surface area contributed by atoms with Crippen LogP contribution in [0, 0.1) is 0 Å². The second-order valence-electron chi connectivity index (χ2n) is 2.80. The van der Waals surface area contributed by atoms with E-state index in [2.05, 4.69) is 10.2 Å². The number of benzene rings is 1. The molecule has 0 saturated carbocycles. The highest BCUT2D eigenvalue weighted by Crippen LogP contribution is 2.04. The van der Waals surface area contributed by atoms with Crippen LogP contribution in [0.3, 0.4) is 0 Å². The Balaban J connectivity index is 2.20. The summed E-state index contributed by atoms with van der Waals surface area (Å²) in [7, 11) is 0. The first-order valence-electron chi connectivity index (χ1n) is 4.03. The third-order valence-corrected chi connectivity index (χ3v) is 1.84. The van der Waals surface area contributed by atoms with Crippen LogP contribution >= 0.6 is 0 Å². The number of hydrogen-bond acceptors (Lipinski definition) is 3. The fourth-order valence-corrected chi connectivity index (χ4v) is 1.17. The lowest BCUT2D eigenvalue weighted by atomic mass is 10.2. The van der Waals surface area contributed by atoms with Crippen molar-refractivity contribution in [2.24, 2.45) is 0 Å². The van der Waals surface area contributed by atoms with Crippen LogP contribution in [0.15, 0.2) is 36.7 Å². The van der Waals surface area contributed by atoms with Crippen molar-refractivity contribution in [2.45, 2.75) is 6.54 Å². The van der Waals surface area contributed by atoms with E-state index in [1.165, 1.54) is 5.56 Å². The first kappa shape index (κ1) is 7.79. The number of anilines is 1. The Morgan fingerprint density at radius 2 is 2.00 bits per heavy atom. The van der Waals surface area contributed by atoms with Gasteiger partial charge < -0.3 is 5.73 Å². The number of rotatable bonds is 2. The van der Waals surface area contributed by atoms with Crippen LogP contribution in [0.25, 0.3) is 0 Å². The molecule has 0 amide bonds. The van der Waals surface area contributed by atoms with Gasteiger partial charge in [0.2, 0.25) is 5.95 Å². The molecule has 0 unspecified atom stereocenters. The first-order chi connectivity index (χ1) is 6.36. The molecular weight excluding hydrogens is 164 g/mol. The van der Waals surface area contributed by atoms with Gasteiger partial charge in [0, 0.05) is 0 Å². The van der Waals surface area contributed by atoms with E-state index in [9.17, 15) is 0 Å². The lowest BCUT2D eigenvalue weighted by molar-refractivity contribution is 0.806. The van der Waals surface area contributed by atoms with Gasteiger partial charge >= 0.3 is 0 Å². The first-order valence-corrected chi connectivity index (χ1v) is 4.03. The standard InChI is InChI=1S/C9H10N4/c10-9-12-11-7-13(9)6-8-4-2-1-3-5-8/h1-5,7H,6H2,(H2,10,12). The molecule has 0 spiro atoms. The molecule has 0 atom stereocenters. The number of nitrogens with two attached hydrogens (primary N) is 1. The van der Waals surface area contributed by atoms with Crippen molar-refractivity contribution in [2.75, 3.05) is 5.73 Å². The van der Waals surface area contributed by atoms with E-state index < -0.39 is 0 Å². The molecule has 2 rings (SSSR count). The van der Waals surface area contributed by atoms with Crippen molar-refractivity contribution in [1.29, 1.82) is 0 Å². The quantitative estimate of drug-likeness (QED) is 0.736. The highest BCUT2D eigenvalue weighted by atomic mass is 15.3. The molecule has 0 fully saturated rings. The predicted octanol–water partition coefficient (Wildman–Crippen LogP) is 0.909. The third kappa shape index (κ3) is 1.66. The summed E-state index contributed by atoms with van der Waals surface area (Å²) in [6, 6.07) is 10.1. The van der Waals surface area contributed by atoms with E-state index >= 15 is 0 Å². The Kier molecular flexibility index (Phi) is 1.96. The molecule has 0 aliphatic carbocycles. The molecule has 2 N–H and O–H groups in total. The van der Waals surface area contributed by atoms with Crippen molar-refractivity contribution in [3.63, 3.8) is 0 Å². The Bertz CT molecular complexity index is 380. The highest BCUT2D eigenvalue weighted by molar-refractivity contribution is 5.19. The van der Waals surface area contributed by atoms with Crippen LogP contribution in [0.5, 0.6) is 0 Å². The van der Waals surface area contributed by atoms with E-state index in [1.54, 1.807) is 10.9 Å². The molecular formula is C9H10N4. The molecule has 0 bridgehead atoms. The fourth-order valence-electron chi connectivity index (χ4n) is 1.17. The van der Waals surface area contributed by atoms with Gasteiger partial charge in [0.25, 0.3) is 0 Å². The zero-order valence-corrected chi connectivity index (χ0v) is 7.09. The summed E-state index contributed by atoms with van der Waals surface area (Å²) < 4.78 is 1.80. The number of nitrogens with zero attached hydrogens (tertiary/aromatic N) is 3. The SMILES string of the molecule is Nc1nncn1Cc1ccccc1. The summed E-state index contributed by atoms with van der Waals surface area (Å²) in [5.74, 6) is 0.448. The molecule has 66 valence electrons. The number of aromatic nitrogens is 3. The van der Waals surface area contributed by atoms with Crippen molar-refractivity contribution < 1.29 is 0 Å². The average molecular weight is 174 g/mol. The summed E-state index contributed by atoms with van der Waals surface area (Å²) in [6.07, 6.45) is 1.63. The zero-order valence-electron chi connectivity index (χ0n) is 7.09. The van der Waals surface area contributed by atoms with Gasteiger partial charge in [0.05, 0.1) is 6.54 Å². The monoisotopic (exact) mass is 174 g/mol. The fraction of sp³-hybridized carbons (Fsp3) is 0.111. The summed E-state index contributed by atoms with van der Waals surface area (Å²) in [6.45, 7) is 0.722. The Labute approximate surface area is 76.0 Å². The second-order valence-corrected chi connectivity index (χ2v) is 2.80. The zero-order chi connectivity index (χ0) is 9.10. The topological polar surface area (TPSA) is 56.7 Å². The highest BCUT2D eigenvalue weighted by Gasteiger charge is 1.98. The van der Waals surface area contributed by atoms with Gasteiger partial charge in [-0.1, -0.05) is 30.3 Å². The molecule has 2 aromatic rings. The van der Waals surface area contributed by atoms with Crippen LogP contribution in [0.1, 0.15) is 5.56 Å². The summed E-state index contributed by atoms with van der Waals surface area (Å²) in [5.41, 5.74) is 6.77. The molecule has 4 heteroatoms. The number of nitrogen functional groups attached to an aromatic ring is 1. The van der Waals surface area contributed by atoms with Gasteiger partial charge in [0.1, 0.15) is 6.33 Å². The summed E-state index contributed by atoms with van der Waals surface area (Å²) in [5, 5.41) is 7.41. The lowest BCUT2D eigenvalue weighted by Crippen LogP contribution is -2.03. The van der Waals surface area contributed by atoms with Crippen LogP contribution < -0.4 is 5.73 Å². The molecule has 0 radical (unpaired) electrons. The molecule has 13 heavy (non-hydrogen) atoms. The van der Waals surface area contributed by atoms with Crippen LogP contribution in [0.2, 0.25) is 0 Å². The molecule has 1 aromatic heterocycles. The van der Waals surface area contributed by atoms with Crippen molar-refractivity contribution in [3.05, 3.63) is 42.2 Å². The van der Waals surface area contributed by atoms with Gasteiger partial charge in [0.15, 0.2) is 0 Å². The van der Waals surface area contributed by atoms with E-state index in [1.807, 2.05) is 30.3 Å². The number of hydrogen-bond donors (Lipinski definition) is 1. The minimum atomic E-state index is 0.448. The van der Waals surface area contributed by atoms with Crippen molar-refractivity contribution in [3.8, 4) is 0 Å². The Morgan fingerprint density at radius 3 is 2.62 bits per heavy atom. The maximum Gasteiger partial charge on any atom is 0.222 e. The molecule has 4 nitrogen and oxygen atoms in total. The molecule has 1 heterocycles. The van der Waals surface area contributed by atoms with Crippen LogP contribution in [0.4, 0.5) is 5.95 Å². The van der Waals surface area contributed by atoms with E-state index in [-0.39, 0.29) is 0 Å². The molecule has 1 aromatic carbocycles. The third-order valence-electron chi connectivity index (χ3n) is 1.84. The molecule has 0 aliphatic heterocycles. The van der Waals surface area contributed by atoms with Gasteiger partial charge in [-0.15, -0.1) is 10.2 Å². The van der Waals surface area contributed by atoms with Crippen LogP contribution in [-0.2, 0) is 6.54 Å². The minimum Gasteiger partial charge on any atom is -0.368 e. The van der Waals surface area contributed by atoms with Gasteiger partial charge in [-0.05, 0) is 5.56 Å². The Hall–Kier alpha value is -1.84. The maximum absolute atomic E-state index is 5.58. The second kappa shape index (κ2) is 3.26. The Morgan fingerprint density at radius 1 is 1.23 bits per heavy atom. The van der Waals surface area contributed by atoms with Crippen molar-refractivity contribution >= 4 is 5.95 Å². The van der Waals surface area contributed by atoms with Gasteiger partial charge in [-0.25, -0.2) is 0 Å². The average Bonchev–Trinajstić information content (AvgIpc) is 2.54. The van der Waals surface area contributed by atoms with Gasteiger partial charge in [-0.2, -0.15) is 0 Å². The van der Waals surface area contributed by atoms with E-state index in [0.29, 0.717) is 5.95 Å². The normalized spacial score (nSPS) is 10.2. The molecule has 0 aliphatic rings. The van der Waals surface area contributed by atoms with Crippen molar-refractivity contribution in [1.82, 2.24) is 14.8 Å². The van der Waals surface area contributed by atoms with E-state index in [0.717, 1.165) is 6.54 Å². The largest absolute Gasteiger partial charge is 0.368 e. The lowest BCUT2D eigenvalue weighted by Gasteiger charge is -2.02. The van der Waals surface area contributed by atoms with Gasteiger partial charge in [-0.3, -0.25) is 4.57 Å². The smallest absolute Gasteiger partial charge is 0.222 e. The molecule has 0 saturated heterocycles. The predicted molar refractivity (Wildman–Crippen MR) is 50.0 cm³/mol. The van der Waals surface area contributed by atoms with Crippen LogP contribution in [-0.4, -0.2) is 14.8 Å². The minimum absolute atomic E-state index is 0.448. The summed E-state index contributed by atoms with van der Waals surface area (Å²) in [4.78, 5) is 0. The summed E-state index contributed by atoms with van der Waals surface area (Å²) >= 11 is 0.